The molecule has 0 aromatic heterocycles. The van der Waals surface area contributed by atoms with E-state index in [1.165, 1.54) is 18.9 Å². The quantitative estimate of drug-likeness (QED) is 0.0839. The third-order valence-corrected chi connectivity index (χ3v) is 16.8. The number of nitrogens with one attached hydrogen (secondary N) is 1. The van der Waals surface area contributed by atoms with Crippen molar-refractivity contribution in [3.8, 4) is 0 Å². The summed E-state index contributed by atoms with van der Waals surface area (Å²) in [5.74, 6) is -3.65. The summed E-state index contributed by atoms with van der Waals surface area (Å²) in [4.78, 5) is 46.7. The second-order valence-corrected chi connectivity index (χ2v) is 22.8. The number of alkyl halides is 1. The van der Waals surface area contributed by atoms with E-state index in [0.717, 1.165) is 10.8 Å². The van der Waals surface area contributed by atoms with Gasteiger partial charge in [-0.2, -0.15) is 0 Å². The number of cyclic esters (lactones) is 1. The lowest BCUT2D eigenvalue weighted by atomic mass is 9.77. The molecule has 0 unspecified atom stereocenters. The normalized spacial score (nSPS) is 38.5. The zero-order chi connectivity index (χ0) is 54.3. The van der Waals surface area contributed by atoms with Crippen LogP contribution in [0.1, 0.15) is 94.9 Å². The Kier molecular flexibility index (Phi) is 21.7. The Labute approximate surface area is 445 Å². The zero-order valence-corrected chi connectivity index (χ0v) is 47.3. The molecule has 0 spiro atoms. The molecule has 5 rings (SSSR count). The van der Waals surface area contributed by atoms with Gasteiger partial charge in [0.2, 0.25) is 0 Å². The van der Waals surface area contributed by atoms with Crippen LogP contribution in [-0.2, 0) is 42.7 Å². The minimum Gasteiger partial charge on any atom is -0.466 e. The zero-order valence-electron chi connectivity index (χ0n) is 45.1. The van der Waals surface area contributed by atoms with Crippen LogP contribution in [0.25, 0.3) is 10.8 Å². The molecule has 0 radical (unpaired) electrons. The van der Waals surface area contributed by atoms with Crippen LogP contribution >= 0.6 is 22.6 Å². The highest BCUT2D eigenvalue weighted by Gasteiger charge is 2.53. The lowest BCUT2D eigenvalue weighted by Crippen LogP contribution is -2.60. The second-order valence-electron chi connectivity index (χ2n) is 21.7. The van der Waals surface area contributed by atoms with E-state index in [1.54, 1.807) is 77.1 Å². The average Bonchev–Trinajstić information content (AvgIpc) is 3.32. The fourth-order valence-electron chi connectivity index (χ4n) is 10.8. The van der Waals surface area contributed by atoms with E-state index in [4.69, 9.17) is 33.2 Å². The first-order valence-electron chi connectivity index (χ1n) is 25.7. The van der Waals surface area contributed by atoms with Crippen LogP contribution in [0, 0.1) is 17.8 Å². The Hall–Kier alpha value is -2.84. The first-order chi connectivity index (χ1) is 34.1. The maximum atomic E-state index is 14.5. The Morgan fingerprint density at radius 2 is 1.59 bits per heavy atom. The van der Waals surface area contributed by atoms with Gasteiger partial charge in [0.05, 0.1) is 54.6 Å². The van der Waals surface area contributed by atoms with Crippen molar-refractivity contribution in [1.29, 1.82) is 0 Å². The van der Waals surface area contributed by atoms with Gasteiger partial charge < -0.3 is 73.8 Å². The average molecular weight is 1150 g/mol. The predicted molar refractivity (Wildman–Crippen MR) is 283 cm³/mol. The number of anilines is 1. The van der Waals surface area contributed by atoms with E-state index < -0.39 is 106 Å². The third kappa shape index (κ3) is 15.2. The molecule has 20 heteroatoms. The molecule has 3 aliphatic heterocycles. The number of amides is 2. The van der Waals surface area contributed by atoms with Gasteiger partial charge in [0.25, 0.3) is 0 Å². The molecule has 3 aliphatic rings. The van der Waals surface area contributed by atoms with Crippen molar-refractivity contribution in [1.82, 2.24) is 14.7 Å². The number of carbonyl (C=O) groups excluding carboxylic acids is 3. The van der Waals surface area contributed by atoms with Crippen molar-refractivity contribution in [3.63, 3.8) is 0 Å². The molecule has 6 N–H and O–H groups in total. The summed E-state index contributed by atoms with van der Waals surface area (Å²) in [5.41, 5.74) is -4.32. The van der Waals surface area contributed by atoms with Crippen molar-refractivity contribution in [2.45, 2.75) is 183 Å². The summed E-state index contributed by atoms with van der Waals surface area (Å²) in [5, 5.41) is 65.2. The Morgan fingerprint density at radius 3 is 2.23 bits per heavy atom. The van der Waals surface area contributed by atoms with Crippen LogP contribution in [-0.4, -0.2) is 200 Å². The minimum absolute atomic E-state index is 0.00753. The highest BCUT2D eigenvalue weighted by atomic mass is 127. The first kappa shape index (κ1) is 61.0. The van der Waals surface area contributed by atoms with Crippen molar-refractivity contribution >= 4 is 57.0 Å². The molecule has 2 amide bonds. The molecule has 0 aliphatic carbocycles. The number of aliphatic hydroxyl groups is 5. The van der Waals surface area contributed by atoms with Crippen molar-refractivity contribution < 1.29 is 73.1 Å². The largest absolute Gasteiger partial charge is 0.466 e. The van der Waals surface area contributed by atoms with Crippen LogP contribution in [0.2, 0.25) is 0 Å². The maximum absolute atomic E-state index is 14.5. The molecule has 3 heterocycles. The number of rotatable bonds is 14. The number of urea groups is 1. The number of esters is 2. The van der Waals surface area contributed by atoms with Gasteiger partial charge >= 0.3 is 18.0 Å². The number of benzene rings is 2. The van der Waals surface area contributed by atoms with Crippen LogP contribution in [0.15, 0.2) is 42.5 Å². The van der Waals surface area contributed by atoms with E-state index in [0.29, 0.717) is 12.1 Å². The summed E-state index contributed by atoms with van der Waals surface area (Å²) in [6.45, 7) is 17.7. The fourth-order valence-corrected chi connectivity index (χ4v) is 11.4. The number of carbonyl (C=O) groups is 3. The number of likely N-dealkylation sites (N-methyl/N-ethyl adjacent to an activating group) is 1. The molecule has 3 fully saturated rings. The second kappa shape index (κ2) is 26.0. The number of aliphatic hydroxyl groups excluding tert-OH is 3. The van der Waals surface area contributed by atoms with Gasteiger partial charge in [0, 0.05) is 63.4 Å². The molecule has 414 valence electrons. The van der Waals surface area contributed by atoms with Gasteiger partial charge in [-0.3, -0.25) is 14.5 Å². The standard InChI is InChI=1S/C53H85IN4O15/c1-14-68-40(59)21-22-57(50(64)55-38-20-19-36-17-15-16-18-37(36)26-38)23-24-58-29-30(2)27-51(8,65)46(72-48-42(60)39(56(11)12)25-31(3)69-48)32(4)43(71-41-28-52(9,67-13)45(62)35(7)70-41)33(5)47(63)73-49(54)53(10,66)44(61)34(58)6/h15-20,26,30-35,39,41-46,48-49,60-62,65-66H,14,21-25,27-29H2,1-13H3,(H,55,64)/t30-,31-,32+,33-,34-,35+,39+,41+,42-,43+,44-,45+,46-,48+,49+,51-,52-,53+/m1/s1. The number of hydrogen-bond acceptors (Lipinski definition) is 17. The summed E-state index contributed by atoms with van der Waals surface area (Å²) in [6, 6.07) is 11.7. The molecule has 0 bridgehead atoms. The molecule has 18 atom stereocenters. The number of nitrogens with zero attached hydrogens (tertiary/aromatic N) is 3. The number of methoxy groups -OCH3 is 1. The molecular formula is C53H85IN4O15. The lowest BCUT2D eigenvalue weighted by Gasteiger charge is -2.48. The van der Waals surface area contributed by atoms with Crippen LogP contribution in [0.4, 0.5) is 10.5 Å². The van der Waals surface area contributed by atoms with Gasteiger partial charge in [0.1, 0.15) is 23.9 Å². The summed E-state index contributed by atoms with van der Waals surface area (Å²) in [7, 11) is 5.21. The first-order valence-corrected chi connectivity index (χ1v) is 27.0. The Morgan fingerprint density at radius 1 is 0.918 bits per heavy atom. The number of fused-ring (bicyclic) bond motifs is 1. The molecule has 2 aromatic carbocycles. The van der Waals surface area contributed by atoms with Crippen molar-refractivity contribution in [2.24, 2.45) is 17.8 Å². The predicted octanol–water partition coefficient (Wildman–Crippen LogP) is 4.89. The van der Waals surface area contributed by atoms with Gasteiger partial charge in [-0.25, -0.2) is 4.79 Å². The maximum Gasteiger partial charge on any atom is 0.321 e. The van der Waals surface area contributed by atoms with Crippen molar-refractivity contribution in [2.75, 3.05) is 59.3 Å². The summed E-state index contributed by atoms with van der Waals surface area (Å²) >= 11 is 1.80. The molecule has 2 aromatic rings. The molecule has 0 saturated carbocycles. The lowest BCUT2D eigenvalue weighted by molar-refractivity contribution is -0.317. The minimum atomic E-state index is -2.04. The molecule has 73 heavy (non-hydrogen) atoms. The van der Waals surface area contributed by atoms with Crippen molar-refractivity contribution in [3.05, 3.63) is 42.5 Å². The number of ether oxygens (including phenoxy) is 7. The fraction of sp³-hybridized carbons (Fsp3) is 0.755. The van der Waals surface area contributed by atoms with E-state index >= 15 is 0 Å². The monoisotopic (exact) mass is 1140 g/mol. The van der Waals surface area contributed by atoms with Gasteiger partial charge in [0.15, 0.2) is 16.7 Å². The molecular weight excluding hydrogens is 1060 g/mol. The highest BCUT2D eigenvalue weighted by molar-refractivity contribution is 14.1. The highest BCUT2D eigenvalue weighted by Crippen LogP contribution is 2.40. The topological polar surface area (TPSA) is 239 Å². The van der Waals surface area contributed by atoms with Gasteiger partial charge in [-0.15, -0.1) is 0 Å². The number of halogens is 1. The summed E-state index contributed by atoms with van der Waals surface area (Å²) < 4.78 is 41.9. The molecule has 19 nitrogen and oxygen atoms in total. The SMILES string of the molecule is CCOC(=O)CCN(CCN1C[C@H](C)C[C@@](C)(O)[C@H](O[C@@H]2O[C@H](C)C[C@H](N(C)C)[C@H]2O)[C@@H](C)[C@H](O[C@H]2C[C@@](C)(OC)[C@@H](O)[C@H](C)O2)[C@@H](C)C(=O)O[C@H](I)[C@@](C)(O)[C@H](O)[C@H]1C)C(=O)Nc1ccc2ccccc2c1. The van der Waals surface area contributed by atoms with Gasteiger partial charge in [-0.05, 0) is 134 Å². The molecule has 3 saturated heterocycles. The number of hydrogen-bond donors (Lipinski definition) is 6. The smallest absolute Gasteiger partial charge is 0.321 e. The van der Waals surface area contributed by atoms with Gasteiger partial charge in [-0.1, -0.05) is 44.2 Å². The van der Waals surface area contributed by atoms with E-state index in [2.05, 4.69) is 5.32 Å². The van der Waals surface area contributed by atoms with E-state index in [1.807, 2.05) is 74.1 Å². The van der Waals surface area contributed by atoms with E-state index in [9.17, 15) is 39.9 Å². The van der Waals surface area contributed by atoms with Crippen LogP contribution < -0.4 is 5.32 Å². The third-order valence-electron chi connectivity index (χ3n) is 15.3. The van der Waals surface area contributed by atoms with Crippen LogP contribution in [0.3, 0.4) is 0 Å². The summed E-state index contributed by atoms with van der Waals surface area (Å²) in [6.07, 6.45) is -8.74. The Balaban J connectivity index is 1.54. The van der Waals surface area contributed by atoms with Crippen LogP contribution in [0.5, 0.6) is 0 Å². The van der Waals surface area contributed by atoms with E-state index in [-0.39, 0.29) is 70.1 Å². The Bertz CT molecular complexity index is 2120.